The van der Waals surface area contributed by atoms with Crippen LogP contribution in [0.5, 0.6) is 0 Å². The molecule has 0 aromatic heterocycles. The Morgan fingerprint density at radius 3 is 1.40 bits per heavy atom. The van der Waals surface area contributed by atoms with Gasteiger partial charge in [0.05, 0.1) is 11.1 Å². The number of hydrogen-bond donors (Lipinski definition) is 0. The molecular formula is C26H20O4. The van der Waals surface area contributed by atoms with E-state index in [4.69, 9.17) is 9.47 Å². The fourth-order valence-corrected chi connectivity index (χ4v) is 3.11. The van der Waals surface area contributed by atoms with E-state index in [0.29, 0.717) is 11.1 Å². The van der Waals surface area contributed by atoms with Gasteiger partial charge in [0, 0.05) is 0 Å². The van der Waals surface area contributed by atoms with E-state index in [0.717, 1.165) is 21.9 Å². The molecule has 4 aromatic carbocycles. The van der Waals surface area contributed by atoms with Gasteiger partial charge < -0.3 is 9.47 Å². The highest BCUT2D eigenvalue weighted by atomic mass is 16.5. The molecule has 4 aromatic rings. The highest BCUT2D eigenvalue weighted by Gasteiger charge is 2.12. The van der Waals surface area contributed by atoms with E-state index in [1.54, 1.807) is 24.3 Å². The Morgan fingerprint density at radius 2 is 0.967 bits per heavy atom. The Bertz CT molecular complexity index is 1080. The molecule has 0 bridgehead atoms. The molecule has 4 nitrogen and oxygen atoms in total. The lowest BCUT2D eigenvalue weighted by Crippen LogP contribution is -2.06. The highest BCUT2D eigenvalue weighted by Crippen LogP contribution is 2.20. The molecule has 4 heteroatoms. The minimum Gasteiger partial charge on any atom is -0.457 e. The Hall–Kier alpha value is -3.92. The van der Waals surface area contributed by atoms with Gasteiger partial charge >= 0.3 is 11.9 Å². The van der Waals surface area contributed by atoms with E-state index in [1.807, 2.05) is 72.8 Å². The summed E-state index contributed by atoms with van der Waals surface area (Å²) in [7, 11) is 0. The molecule has 0 atom stereocenters. The van der Waals surface area contributed by atoms with Crippen molar-refractivity contribution in [2.45, 2.75) is 13.2 Å². The van der Waals surface area contributed by atoms with Crippen molar-refractivity contribution >= 4 is 22.7 Å². The van der Waals surface area contributed by atoms with Gasteiger partial charge in [0.15, 0.2) is 0 Å². The molecule has 4 rings (SSSR count). The van der Waals surface area contributed by atoms with Crippen LogP contribution < -0.4 is 0 Å². The smallest absolute Gasteiger partial charge is 0.338 e. The van der Waals surface area contributed by atoms with Gasteiger partial charge in [-0.1, -0.05) is 72.8 Å². The van der Waals surface area contributed by atoms with E-state index in [1.165, 1.54) is 0 Å². The molecule has 0 unspecified atom stereocenters. The number of fused-ring (bicyclic) bond motifs is 1. The monoisotopic (exact) mass is 396 g/mol. The lowest BCUT2D eigenvalue weighted by Gasteiger charge is -2.08. The molecule has 0 aliphatic rings. The van der Waals surface area contributed by atoms with Crippen molar-refractivity contribution in [3.05, 3.63) is 119 Å². The largest absolute Gasteiger partial charge is 0.457 e. The minimum atomic E-state index is -0.405. The first-order chi connectivity index (χ1) is 14.7. The second kappa shape index (κ2) is 9.05. The van der Waals surface area contributed by atoms with Crippen molar-refractivity contribution in [1.82, 2.24) is 0 Å². The van der Waals surface area contributed by atoms with E-state index in [-0.39, 0.29) is 13.2 Å². The first-order valence-electron chi connectivity index (χ1n) is 9.65. The first-order valence-corrected chi connectivity index (χ1v) is 9.65. The van der Waals surface area contributed by atoms with Crippen molar-refractivity contribution in [3.8, 4) is 0 Å². The fraction of sp³-hybridized carbons (Fsp3) is 0.0769. The van der Waals surface area contributed by atoms with Crippen LogP contribution >= 0.6 is 0 Å². The molecule has 0 heterocycles. The predicted octanol–water partition coefficient (Wildman–Crippen LogP) is 5.55. The lowest BCUT2D eigenvalue weighted by molar-refractivity contribution is 0.0465. The van der Waals surface area contributed by atoms with Crippen LogP contribution in [0.1, 0.15) is 31.8 Å². The molecule has 0 aliphatic heterocycles. The number of hydrogen-bond acceptors (Lipinski definition) is 4. The van der Waals surface area contributed by atoms with Crippen molar-refractivity contribution in [2.24, 2.45) is 0 Å². The zero-order valence-corrected chi connectivity index (χ0v) is 16.3. The predicted molar refractivity (Wildman–Crippen MR) is 115 cm³/mol. The van der Waals surface area contributed by atoms with Gasteiger partial charge in [-0.3, -0.25) is 0 Å². The summed E-state index contributed by atoms with van der Waals surface area (Å²) >= 11 is 0. The van der Waals surface area contributed by atoms with E-state index < -0.39 is 11.9 Å². The molecule has 0 radical (unpaired) electrons. The van der Waals surface area contributed by atoms with Gasteiger partial charge in [0.25, 0.3) is 0 Å². The summed E-state index contributed by atoms with van der Waals surface area (Å²) in [6.45, 7) is 0.424. The van der Waals surface area contributed by atoms with Gasteiger partial charge in [-0.05, 0) is 46.2 Å². The molecule has 0 N–H and O–H groups in total. The maximum atomic E-state index is 12.4. The van der Waals surface area contributed by atoms with Crippen LogP contribution in [-0.4, -0.2) is 11.9 Å². The topological polar surface area (TPSA) is 52.6 Å². The molecule has 0 aliphatic carbocycles. The van der Waals surface area contributed by atoms with Gasteiger partial charge in [0.2, 0.25) is 0 Å². The average Bonchev–Trinajstić information content (AvgIpc) is 2.81. The number of carbonyl (C=O) groups is 2. The molecule has 0 fully saturated rings. The van der Waals surface area contributed by atoms with Crippen LogP contribution in [0, 0.1) is 0 Å². The third-order valence-corrected chi connectivity index (χ3v) is 4.74. The molecule has 30 heavy (non-hydrogen) atoms. The maximum Gasteiger partial charge on any atom is 0.338 e. The van der Waals surface area contributed by atoms with E-state index in [2.05, 4.69) is 0 Å². The van der Waals surface area contributed by atoms with Gasteiger partial charge in [0.1, 0.15) is 13.2 Å². The molecular weight excluding hydrogens is 376 g/mol. The summed E-state index contributed by atoms with van der Waals surface area (Å²) in [5.74, 6) is -0.810. The number of benzene rings is 4. The summed E-state index contributed by atoms with van der Waals surface area (Å²) < 4.78 is 10.8. The molecule has 0 amide bonds. The first kappa shape index (κ1) is 19.4. The van der Waals surface area contributed by atoms with Crippen LogP contribution in [0.3, 0.4) is 0 Å². The Morgan fingerprint density at radius 1 is 0.533 bits per heavy atom. The molecule has 0 saturated heterocycles. The lowest BCUT2D eigenvalue weighted by atomic mass is 10.0. The van der Waals surface area contributed by atoms with Gasteiger partial charge in [-0.15, -0.1) is 0 Å². The summed E-state index contributed by atoms with van der Waals surface area (Å²) in [6.07, 6.45) is 0. The molecule has 0 saturated carbocycles. The van der Waals surface area contributed by atoms with Crippen LogP contribution in [0.4, 0.5) is 0 Å². The van der Waals surface area contributed by atoms with Crippen LogP contribution in [0.25, 0.3) is 10.8 Å². The third kappa shape index (κ3) is 4.73. The number of esters is 2. The highest BCUT2D eigenvalue weighted by molar-refractivity contribution is 5.99. The summed E-state index contributed by atoms with van der Waals surface area (Å²) in [5, 5.41) is 1.70. The van der Waals surface area contributed by atoms with Crippen molar-refractivity contribution < 1.29 is 19.1 Å². The normalized spacial score (nSPS) is 10.5. The molecule has 148 valence electrons. The van der Waals surface area contributed by atoms with Gasteiger partial charge in [-0.2, -0.15) is 0 Å². The number of carbonyl (C=O) groups excluding carboxylic acids is 2. The van der Waals surface area contributed by atoms with Crippen LogP contribution in [0.2, 0.25) is 0 Å². The number of ether oxygens (including phenoxy) is 2. The summed E-state index contributed by atoms with van der Waals surface area (Å²) in [6, 6.07) is 29.6. The summed E-state index contributed by atoms with van der Waals surface area (Å²) in [5.41, 5.74) is 2.73. The number of rotatable bonds is 6. The van der Waals surface area contributed by atoms with E-state index in [9.17, 15) is 9.59 Å². The van der Waals surface area contributed by atoms with Gasteiger partial charge in [-0.25, -0.2) is 9.59 Å². The fourth-order valence-electron chi connectivity index (χ4n) is 3.11. The summed E-state index contributed by atoms with van der Waals surface area (Å²) in [4.78, 5) is 24.9. The standard InChI is InChI=1S/C26H20O4/c27-25(29-17-19-7-3-1-4-8-19)22-13-11-21-12-14-23(16-24(21)15-22)26(28)30-18-20-9-5-2-6-10-20/h1-16H,17-18H2. The van der Waals surface area contributed by atoms with E-state index >= 15 is 0 Å². The SMILES string of the molecule is O=C(OCc1ccccc1)c1ccc2ccc(C(=O)OCc3ccccc3)cc2c1. The Balaban J connectivity index is 1.46. The maximum absolute atomic E-state index is 12.4. The third-order valence-electron chi connectivity index (χ3n) is 4.74. The van der Waals surface area contributed by atoms with Crippen molar-refractivity contribution in [3.63, 3.8) is 0 Å². The molecule has 0 spiro atoms. The zero-order valence-electron chi connectivity index (χ0n) is 16.3. The minimum absolute atomic E-state index is 0.212. The Kier molecular flexibility index (Phi) is 5.85. The second-order valence-corrected chi connectivity index (χ2v) is 6.90. The quantitative estimate of drug-likeness (QED) is 0.401. The van der Waals surface area contributed by atoms with Crippen molar-refractivity contribution in [2.75, 3.05) is 0 Å². The Labute approximate surface area is 174 Å². The van der Waals surface area contributed by atoms with Crippen LogP contribution in [0.15, 0.2) is 97.1 Å². The average molecular weight is 396 g/mol. The zero-order chi connectivity index (χ0) is 20.8. The second-order valence-electron chi connectivity index (χ2n) is 6.90. The van der Waals surface area contributed by atoms with Crippen LogP contribution in [-0.2, 0) is 22.7 Å². The van der Waals surface area contributed by atoms with Crippen molar-refractivity contribution in [1.29, 1.82) is 0 Å².